The third-order valence-corrected chi connectivity index (χ3v) is 5.05. The highest BCUT2D eigenvalue weighted by Crippen LogP contribution is 2.28. The fraction of sp³-hybridized carbons (Fsp3) is 0.120. The maximum Gasteiger partial charge on any atom is 0.235 e. The van der Waals surface area contributed by atoms with Gasteiger partial charge in [-0.3, -0.25) is 4.79 Å². The number of carboxylic acids is 1. The molecule has 4 aromatic rings. The van der Waals surface area contributed by atoms with Gasteiger partial charge in [-0.15, -0.1) is 0 Å². The van der Waals surface area contributed by atoms with Crippen molar-refractivity contribution in [1.29, 1.82) is 0 Å². The third-order valence-electron chi connectivity index (χ3n) is 5.05. The molecule has 4 rings (SSSR count). The van der Waals surface area contributed by atoms with Crippen molar-refractivity contribution in [1.82, 2.24) is 5.32 Å². The Morgan fingerprint density at radius 3 is 2.41 bits per heavy atom. The van der Waals surface area contributed by atoms with Crippen LogP contribution in [0.15, 0.2) is 88.3 Å². The standard InChI is InChI=1S/C25H21NO6/c27-21-12-11-18-23(28)22(32-17-9-5-2-6-10-17)15-31-24(18)19(21)14-26-20(25(29)30)13-16-7-3-1-4-8-16/h1-12,15,20,26-27H,13-14H2,(H,29,30)/p-1. The summed E-state index contributed by atoms with van der Waals surface area (Å²) in [4.78, 5) is 24.5. The number of hydrogen-bond donors (Lipinski definition) is 2. The largest absolute Gasteiger partial charge is 0.548 e. The number of ether oxygens (including phenoxy) is 1. The van der Waals surface area contributed by atoms with Crippen LogP contribution >= 0.6 is 0 Å². The average Bonchev–Trinajstić information content (AvgIpc) is 2.80. The van der Waals surface area contributed by atoms with Crippen LogP contribution in [-0.4, -0.2) is 17.1 Å². The number of fused-ring (bicyclic) bond motifs is 1. The zero-order chi connectivity index (χ0) is 22.5. The molecule has 1 atom stereocenters. The zero-order valence-electron chi connectivity index (χ0n) is 17.0. The fourth-order valence-corrected chi connectivity index (χ4v) is 3.40. The first kappa shape index (κ1) is 21.1. The van der Waals surface area contributed by atoms with Gasteiger partial charge in [-0.25, -0.2) is 0 Å². The summed E-state index contributed by atoms with van der Waals surface area (Å²) in [6.07, 6.45) is 1.38. The molecular weight excluding hydrogens is 410 g/mol. The molecule has 0 bridgehead atoms. The second kappa shape index (κ2) is 9.36. The van der Waals surface area contributed by atoms with Crippen molar-refractivity contribution in [3.63, 3.8) is 0 Å². The average molecular weight is 430 g/mol. The van der Waals surface area contributed by atoms with Crippen molar-refractivity contribution in [2.75, 3.05) is 0 Å². The number of hydrogen-bond acceptors (Lipinski definition) is 7. The number of carbonyl (C=O) groups excluding carboxylic acids is 1. The van der Waals surface area contributed by atoms with Crippen LogP contribution in [-0.2, 0) is 17.8 Å². The highest BCUT2D eigenvalue weighted by Gasteiger charge is 2.17. The van der Waals surface area contributed by atoms with Crippen molar-refractivity contribution in [2.45, 2.75) is 19.0 Å². The Balaban J connectivity index is 1.60. The number of carbonyl (C=O) groups is 1. The van der Waals surface area contributed by atoms with Crippen LogP contribution in [0.5, 0.6) is 17.2 Å². The lowest BCUT2D eigenvalue weighted by molar-refractivity contribution is -0.308. The molecule has 0 fully saturated rings. The fourth-order valence-electron chi connectivity index (χ4n) is 3.40. The number of phenolic OH excluding ortho intramolecular Hbond substituents is 1. The Morgan fingerprint density at radius 2 is 1.72 bits per heavy atom. The van der Waals surface area contributed by atoms with Crippen LogP contribution in [0.4, 0.5) is 0 Å². The van der Waals surface area contributed by atoms with E-state index in [-0.39, 0.29) is 41.0 Å². The quantitative estimate of drug-likeness (QED) is 0.442. The molecule has 0 amide bonds. The Kier molecular flexibility index (Phi) is 6.19. The highest BCUT2D eigenvalue weighted by molar-refractivity contribution is 5.83. The molecule has 0 saturated heterocycles. The number of carboxylic acid groups (broad SMARTS) is 1. The molecule has 0 aliphatic heterocycles. The number of nitrogens with one attached hydrogen (secondary N) is 1. The first-order valence-corrected chi connectivity index (χ1v) is 10.0. The number of aromatic hydroxyl groups is 1. The second-order valence-electron chi connectivity index (χ2n) is 7.23. The van der Waals surface area contributed by atoms with Crippen LogP contribution in [0.3, 0.4) is 0 Å². The van der Waals surface area contributed by atoms with Crippen LogP contribution < -0.4 is 20.6 Å². The molecule has 0 saturated carbocycles. The molecule has 1 heterocycles. The van der Waals surface area contributed by atoms with Crippen molar-refractivity contribution in [3.05, 3.63) is 100 Å². The minimum Gasteiger partial charge on any atom is -0.548 e. The van der Waals surface area contributed by atoms with E-state index in [0.717, 1.165) is 5.56 Å². The topological polar surface area (TPSA) is 112 Å². The lowest BCUT2D eigenvalue weighted by atomic mass is 10.0. The van der Waals surface area contributed by atoms with E-state index in [9.17, 15) is 19.8 Å². The summed E-state index contributed by atoms with van der Waals surface area (Å²) in [6.45, 7) is -0.0452. The Labute approximate surface area is 183 Å². The van der Waals surface area contributed by atoms with E-state index in [4.69, 9.17) is 9.15 Å². The van der Waals surface area contributed by atoms with E-state index >= 15 is 0 Å². The lowest BCUT2D eigenvalue weighted by Gasteiger charge is -2.20. The maximum absolute atomic E-state index is 12.9. The van der Waals surface area contributed by atoms with Crippen LogP contribution in [0, 0.1) is 0 Å². The van der Waals surface area contributed by atoms with Crippen molar-refractivity contribution >= 4 is 16.9 Å². The van der Waals surface area contributed by atoms with Gasteiger partial charge in [0.15, 0.2) is 0 Å². The Hall–Kier alpha value is -4.10. The molecule has 3 aromatic carbocycles. The molecule has 0 aliphatic rings. The van der Waals surface area contributed by atoms with Crippen LogP contribution in [0.1, 0.15) is 11.1 Å². The van der Waals surface area contributed by atoms with E-state index in [2.05, 4.69) is 5.32 Å². The molecule has 162 valence electrons. The second-order valence-corrected chi connectivity index (χ2v) is 7.23. The predicted molar refractivity (Wildman–Crippen MR) is 116 cm³/mol. The van der Waals surface area contributed by atoms with Crippen molar-refractivity contribution in [3.8, 4) is 17.2 Å². The Morgan fingerprint density at radius 1 is 1.03 bits per heavy atom. The molecule has 0 aliphatic carbocycles. The number of para-hydroxylation sites is 1. The van der Waals surface area contributed by atoms with Gasteiger partial charge < -0.3 is 29.5 Å². The molecule has 0 radical (unpaired) electrons. The van der Waals surface area contributed by atoms with E-state index < -0.39 is 17.4 Å². The maximum atomic E-state index is 12.9. The van der Waals surface area contributed by atoms with Gasteiger partial charge in [-0.1, -0.05) is 48.5 Å². The monoisotopic (exact) mass is 430 g/mol. The molecule has 2 N–H and O–H groups in total. The zero-order valence-corrected chi connectivity index (χ0v) is 17.0. The van der Waals surface area contributed by atoms with Crippen molar-refractivity contribution in [2.24, 2.45) is 0 Å². The first-order valence-electron chi connectivity index (χ1n) is 10.0. The lowest BCUT2D eigenvalue weighted by Crippen LogP contribution is -2.46. The molecule has 1 aromatic heterocycles. The smallest absolute Gasteiger partial charge is 0.235 e. The number of benzene rings is 3. The summed E-state index contributed by atoms with van der Waals surface area (Å²) in [7, 11) is 0. The summed E-state index contributed by atoms with van der Waals surface area (Å²) >= 11 is 0. The predicted octanol–water partition coefficient (Wildman–Crippen LogP) is 2.74. The summed E-state index contributed by atoms with van der Waals surface area (Å²) in [5.74, 6) is -0.905. The summed E-state index contributed by atoms with van der Waals surface area (Å²) < 4.78 is 11.2. The minimum atomic E-state index is -1.27. The molecule has 0 spiro atoms. The van der Waals surface area contributed by atoms with E-state index in [1.165, 1.54) is 18.4 Å². The van der Waals surface area contributed by atoms with Gasteiger partial charge in [0.05, 0.1) is 23.0 Å². The molecule has 32 heavy (non-hydrogen) atoms. The van der Waals surface area contributed by atoms with Gasteiger partial charge in [0.25, 0.3) is 0 Å². The van der Waals surface area contributed by atoms with E-state index in [1.807, 2.05) is 36.4 Å². The first-order chi connectivity index (χ1) is 15.5. The Bertz CT molecular complexity index is 1280. The van der Waals surface area contributed by atoms with Gasteiger partial charge in [0.1, 0.15) is 23.3 Å². The van der Waals surface area contributed by atoms with Gasteiger partial charge in [0.2, 0.25) is 11.2 Å². The van der Waals surface area contributed by atoms with Gasteiger partial charge in [-0.05, 0) is 36.2 Å². The summed E-state index contributed by atoms with van der Waals surface area (Å²) in [5, 5.41) is 25.1. The third kappa shape index (κ3) is 4.63. The molecule has 7 heteroatoms. The highest BCUT2D eigenvalue weighted by atomic mass is 16.5. The number of aliphatic carboxylic acids is 1. The van der Waals surface area contributed by atoms with E-state index in [1.54, 1.807) is 24.3 Å². The molecule has 1 unspecified atom stereocenters. The SMILES string of the molecule is O=C([O-])C(Cc1ccccc1)NCc1c(O)ccc2c(=O)c(Oc3ccccc3)coc12. The van der Waals surface area contributed by atoms with Crippen molar-refractivity contribution < 1.29 is 24.2 Å². The number of phenols is 1. The summed E-state index contributed by atoms with van der Waals surface area (Å²) in [6, 6.07) is 19.7. The van der Waals surface area contributed by atoms with Gasteiger partial charge in [0, 0.05) is 6.54 Å². The number of rotatable bonds is 8. The minimum absolute atomic E-state index is 0.00462. The normalized spacial score (nSPS) is 11.9. The van der Waals surface area contributed by atoms with Gasteiger partial charge in [-0.2, -0.15) is 0 Å². The van der Waals surface area contributed by atoms with E-state index in [0.29, 0.717) is 5.75 Å². The van der Waals surface area contributed by atoms with Crippen LogP contribution in [0.25, 0.3) is 11.0 Å². The summed E-state index contributed by atoms with van der Waals surface area (Å²) in [5.41, 5.74) is 0.840. The molecular formula is C25H20NO6-. The molecule has 7 nitrogen and oxygen atoms in total. The van der Waals surface area contributed by atoms with Gasteiger partial charge >= 0.3 is 0 Å². The van der Waals surface area contributed by atoms with Crippen LogP contribution in [0.2, 0.25) is 0 Å².